The van der Waals surface area contributed by atoms with E-state index in [1.807, 2.05) is 18.5 Å². The zero-order valence-corrected chi connectivity index (χ0v) is 9.53. The molecule has 0 saturated heterocycles. The van der Waals surface area contributed by atoms with Gasteiger partial charge in [-0.2, -0.15) is 0 Å². The Bertz CT molecular complexity index is 339. The Labute approximate surface area is 93.3 Å². The van der Waals surface area contributed by atoms with Gasteiger partial charge in [0.15, 0.2) is 0 Å². The fourth-order valence-corrected chi connectivity index (χ4v) is 2.70. The minimum atomic E-state index is 0. The van der Waals surface area contributed by atoms with Crippen molar-refractivity contribution < 1.29 is 4.79 Å². The summed E-state index contributed by atoms with van der Waals surface area (Å²) in [5.41, 5.74) is 6.66. The number of amides is 1. The van der Waals surface area contributed by atoms with Gasteiger partial charge in [-0.3, -0.25) is 4.79 Å². The van der Waals surface area contributed by atoms with Crippen molar-refractivity contribution in [2.45, 2.75) is 12.3 Å². The van der Waals surface area contributed by atoms with E-state index >= 15 is 0 Å². The topological polar surface area (TPSA) is 46.3 Å². The first-order valence-electron chi connectivity index (χ1n) is 4.28. The maximum Gasteiger partial charge on any atom is 0.227 e. The molecule has 1 aliphatic heterocycles. The fraction of sp³-hybridized carbons (Fsp3) is 0.444. The lowest BCUT2D eigenvalue weighted by Crippen LogP contribution is -2.34. The first-order valence-corrected chi connectivity index (χ1v) is 5.16. The lowest BCUT2D eigenvalue weighted by Gasteiger charge is -2.27. The molecule has 0 bridgehead atoms. The van der Waals surface area contributed by atoms with E-state index in [9.17, 15) is 4.79 Å². The molecule has 3 nitrogen and oxygen atoms in total. The van der Waals surface area contributed by atoms with Crippen LogP contribution in [-0.2, 0) is 4.79 Å². The third kappa shape index (κ3) is 1.65. The summed E-state index contributed by atoms with van der Waals surface area (Å²) in [6.07, 6.45) is 0.556. The van der Waals surface area contributed by atoms with Crippen LogP contribution in [0.3, 0.4) is 0 Å². The first kappa shape index (κ1) is 11.5. The molecule has 1 amide bonds. The molecular weight excluding hydrogens is 220 g/mol. The van der Waals surface area contributed by atoms with Crippen molar-refractivity contribution in [1.29, 1.82) is 0 Å². The number of nitrogens with zero attached hydrogens (tertiary/aromatic N) is 1. The highest BCUT2D eigenvalue weighted by Crippen LogP contribution is 2.38. The Morgan fingerprint density at radius 3 is 3.07 bits per heavy atom. The molecule has 2 heterocycles. The summed E-state index contributed by atoms with van der Waals surface area (Å²) in [6, 6.07) is 1.99. The molecule has 0 aliphatic carbocycles. The Balaban J connectivity index is 0.000000980. The third-order valence-corrected chi connectivity index (χ3v) is 3.55. The van der Waals surface area contributed by atoms with Gasteiger partial charge in [-0.25, -0.2) is 0 Å². The largest absolute Gasteiger partial charge is 0.330 e. The number of fused-ring (bicyclic) bond motifs is 1. The normalized spacial score (nSPS) is 20.3. The number of thiophene rings is 1. The van der Waals surface area contributed by atoms with Crippen molar-refractivity contribution in [3.05, 3.63) is 16.3 Å². The van der Waals surface area contributed by atoms with Crippen molar-refractivity contribution in [2.24, 2.45) is 5.73 Å². The Hall–Kier alpha value is -0.580. The van der Waals surface area contributed by atoms with E-state index in [2.05, 4.69) is 0 Å². The Kier molecular flexibility index (Phi) is 3.53. The van der Waals surface area contributed by atoms with Crippen LogP contribution in [0, 0.1) is 0 Å². The van der Waals surface area contributed by atoms with Gasteiger partial charge in [-0.05, 0) is 11.4 Å². The molecule has 5 heteroatoms. The molecule has 1 atom stereocenters. The van der Waals surface area contributed by atoms with E-state index in [0.29, 0.717) is 13.0 Å². The summed E-state index contributed by atoms with van der Waals surface area (Å²) < 4.78 is 0. The van der Waals surface area contributed by atoms with Crippen LogP contribution in [0.5, 0.6) is 0 Å². The smallest absolute Gasteiger partial charge is 0.227 e. The van der Waals surface area contributed by atoms with Crippen LogP contribution in [0.4, 0.5) is 5.69 Å². The average molecular weight is 233 g/mol. The number of halogens is 1. The lowest BCUT2D eigenvalue weighted by atomic mass is 9.98. The van der Waals surface area contributed by atoms with Gasteiger partial charge in [-0.1, -0.05) is 0 Å². The van der Waals surface area contributed by atoms with Gasteiger partial charge < -0.3 is 10.6 Å². The van der Waals surface area contributed by atoms with Crippen LogP contribution < -0.4 is 10.6 Å². The highest BCUT2D eigenvalue weighted by Gasteiger charge is 2.28. The van der Waals surface area contributed by atoms with E-state index in [1.54, 1.807) is 16.2 Å². The molecule has 1 aromatic heterocycles. The first-order chi connectivity index (χ1) is 6.24. The van der Waals surface area contributed by atoms with Crippen molar-refractivity contribution in [2.75, 3.05) is 18.5 Å². The number of anilines is 1. The number of hydrogen-bond acceptors (Lipinski definition) is 3. The molecule has 0 saturated carbocycles. The van der Waals surface area contributed by atoms with E-state index in [4.69, 9.17) is 5.73 Å². The minimum absolute atomic E-state index is 0. The summed E-state index contributed by atoms with van der Waals surface area (Å²) >= 11 is 1.69. The molecule has 78 valence electrons. The standard InChI is InChI=1S/C9H12N2OS.ClH/c1-11-7-2-3-13-9(7)6(5-10)4-8(11)12;/h2-3,6H,4-5,10H2,1H3;1H. The summed E-state index contributed by atoms with van der Waals surface area (Å²) in [5, 5.41) is 2.02. The van der Waals surface area contributed by atoms with Gasteiger partial charge in [0, 0.05) is 30.8 Å². The zero-order chi connectivity index (χ0) is 9.42. The predicted molar refractivity (Wildman–Crippen MR) is 61.4 cm³/mol. The van der Waals surface area contributed by atoms with E-state index in [0.717, 1.165) is 5.69 Å². The van der Waals surface area contributed by atoms with Crippen LogP contribution in [0.15, 0.2) is 11.4 Å². The quantitative estimate of drug-likeness (QED) is 0.799. The number of carbonyl (C=O) groups is 1. The molecule has 1 aliphatic rings. The van der Waals surface area contributed by atoms with Gasteiger partial charge in [0.25, 0.3) is 0 Å². The summed E-state index contributed by atoms with van der Waals surface area (Å²) in [6.45, 7) is 0.563. The fourth-order valence-electron chi connectivity index (χ4n) is 1.66. The number of hydrogen-bond donors (Lipinski definition) is 1. The number of carbonyl (C=O) groups excluding carboxylic acids is 1. The SMILES string of the molecule is CN1C(=O)CC(CN)c2sccc21.Cl. The predicted octanol–water partition coefficient (Wildman–Crippen LogP) is 1.58. The van der Waals surface area contributed by atoms with Crippen LogP contribution in [0.25, 0.3) is 0 Å². The average Bonchev–Trinajstić information content (AvgIpc) is 2.60. The number of rotatable bonds is 1. The van der Waals surface area contributed by atoms with Gasteiger partial charge in [0.1, 0.15) is 0 Å². The molecule has 14 heavy (non-hydrogen) atoms. The summed E-state index contributed by atoms with van der Waals surface area (Å²) in [5.74, 6) is 0.403. The molecule has 0 fully saturated rings. The monoisotopic (exact) mass is 232 g/mol. The molecule has 1 unspecified atom stereocenters. The molecular formula is C9H13ClN2OS. The highest BCUT2D eigenvalue weighted by molar-refractivity contribution is 7.10. The van der Waals surface area contributed by atoms with Gasteiger partial charge >= 0.3 is 0 Å². The third-order valence-electron chi connectivity index (χ3n) is 2.49. The Morgan fingerprint density at radius 2 is 2.43 bits per heavy atom. The molecule has 1 aromatic rings. The summed E-state index contributed by atoms with van der Waals surface area (Å²) in [4.78, 5) is 14.5. The zero-order valence-electron chi connectivity index (χ0n) is 7.90. The Morgan fingerprint density at radius 1 is 1.71 bits per heavy atom. The van der Waals surface area contributed by atoms with Crippen molar-refractivity contribution in [1.82, 2.24) is 0 Å². The van der Waals surface area contributed by atoms with Crippen molar-refractivity contribution in [3.63, 3.8) is 0 Å². The van der Waals surface area contributed by atoms with E-state index in [1.165, 1.54) is 4.88 Å². The van der Waals surface area contributed by atoms with Crippen molar-refractivity contribution in [3.8, 4) is 0 Å². The molecule has 0 aromatic carbocycles. The maximum absolute atomic E-state index is 11.5. The second-order valence-electron chi connectivity index (χ2n) is 3.26. The van der Waals surface area contributed by atoms with Crippen LogP contribution >= 0.6 is 23.7 Å². The van der Waals surface area contributed by atoms with E-state index in [-0.39, 0.29) is 24.2 Å². The molecule has 2 N–H and O–H groups in total. The van der Waals surface area contributed by atoms with Crippen LogP contribution in [0.2, 0.25) is 0 Å². The summed E-state index contributed by atoms with van der Waals surface area (Å²) in [7, 11) is 1.82. The van der Waals surface area contributed by atoms with Gasteiger partial charge in [0.05, 0.1) is 5.69 Å². The van der Waals surface area contributed by atoms with Crippen molar-refractivity contribution >= 4 is 35.3 Å². The highest BCUT2D eigenvalue weighted by atomic mass is 35.5. The van der Waals surface area contributed by atoms with Crippen LogP contribution in [-0.4, -0.2) is 19.5 Å². The second-order valence-corrected chi connectivity index (χ2v) is 4.21. The molecule has 0 radical (unpaired) electrons. The van der Waals surface area contributed by atoms with E-state index < -0.39 is 0 Å². The lowest BCUT2D eigenvalue weighted by molar-refractivity contribution is -0.119. The minimum Gasteiger partial charge on any atom is -0.330 e. The molecule has 0 spiro atoms. The molecule has 2 rings (SSSR count). The maximum atomic E-state index is 11.5. The second kappa shape index (κ2) is 4.29. The number of nitrogens with two attached hydrogens (primary N) is 1. The van der Waals surface area contributed by atoms with Gasteiger partial charge in [-0.15, -0.1) is 23.7 Å². The van der Waals surface area contributed by atoms with Crippen LogP contribution in [0.1, 0.15) is 17.2 Å². The van der Waals surface area contributed by atoms with Gasteiger partial charge in [0.2, 0.25) is 5.91 Å².